The third-order valence-electron chi connectivity index (χ3n) is 2.87. The van der Waals surface area contributed by atoms with Crippen molar-refractivity contribution in [2.24, 2.45) is 11.5 Å². The summed E-state index contributed by atoms with van der Waals surface area (Å²) < 4.78 is 0. The van der Waals surface area contributed by atoms with Crippen LogP contribution < -0.4 is 16.8 Å². The Hall–Kier alpha value is -1.41. The molecule has 0 saturated carbocycles. The lowest BCUT2D eigenvalue weighted by molar-refractivity contribution is -0.757. The highest BCUT2D eigenvalue weighted by atomic mass is 16.9. The van der Waals surface area contributed by atoms with Crippen LogP contribution >= 0.6 is 0 Å². The number of carbonyl (C=O) groups is 1. The molecule has 1 amide bonds. The van der Waals surface area contributed by atoms with E-state index < -0.39 is 11.1 Å². The second-order valence-electron chi connectivity index (χ2n) is 4.65. The van der Waals surface area contributed by atoms with Gasteiger partial charge in [0.15, 0.2) is 0 Å². The Morgan fingerprint density at radius 3 is 2.55 bits per heavy atom. The van der Waals surface area contributed by atoms with Gasteiger partial charge in [-0.05, 0) is 32.2 Å². The molecule has 0 aliphatic carbocycles. The number of hydrogen-bond acceptors (Lipinski definition) is 6. The standard InChI is InChI=1S/C12H26N4O4/c13-8-4-3-7-11(14)12(17)15-9-5-1-2-6-10-20-16(18)19/h11H,1-10,13-14H2,(H,15,17). The lowest BCUT2D eigenvalue weighted by Crippen LogP contribution is -2.40. The molecule has 118 valence electrons. The second-order valence-corrected chi connectivity index (χ2v) is 4.65. The first kappa shape index (κ1) is 18.6. The van der Waals surface area contributed by atoms with Crippen molar-refractivity contribution in [1.82, 2.24) is 5.32 Å². The SMILES string of the molecule is NCCCCC(N)C(=O)NCCCCCCO[N+](=O)[O-]. The summed E-state index contributed by atoms with van der Waals surface area (Å²) in [6.07, 6.45) is 5.61. The van der Waals surface area contributed by atoms with Crippen LogP contribution in [0.15, 0.2) is 0 Å². The fraction of sp³-hybridized carbons (Fsp3) is 0.917. The normalized spacial score (nSPS) is 11.9. The molecule has 0 radical (unpaired) electrons. The molecular formula is C12H26N4O4. The summed E-state index contributed by atoms with van der Waals surface area (Å²) in [5.41, 5.74) is 11.1. The molecular weight excluding hydrogens is 264 g/mol. The Bertz CT molecular complexity index is 276. The number of nitrogens with two attached hydrogens (primary N) is 2. The molecule has 8 nitrogen and oxygen atoms in total. The van der Waals surface area contributed by atoms with Crippen molar-refractivity contribution in [3.63, 3.8) is 0 Å². The lowest BCUT2D eigenvalue weighted by Gasteiger charge is -2.11. The zero-order valence-electron chi connectivity index (χ0n) is 11.9. The number of unbranched alkanes of at least 4 members (excludes halogenated alkanes) is 4. The van der Waals surface area contributed by atoms with Crippen molar-refractivity contribution in [3.8, 4) is 0 Å². The molecule has 8 heteroatoms. The number of carbonyl (C=O) groups excluding carboxylic acids is 1. The molecule has 1 atom stereocenters. The highest BCUT2D eigenvalue weighted by Gasteiger charge is 2.11. The number of hydrogen-bond donors (Lipinski definition) is 3. The first-order chi connectivity index (χ1) is 9.57. The monoisotopic (exact) mass is 290 g/mol. The van der Waals surface area contributed by atoms with E-state index in [-0.39, 0.29) is 12.5 Å². The third-order valence-corrected chi connectivity index (χ3v) is 2.87. The van der Waals surface area contributed by atoms with E-state index in [0.717, 1.165) is 32.1 Å². The molecule has 1 unspecified atom stereocenters. The van der Waals surface area contributed by atoms with Crippen LogP contribution in [0.5, 0.6) is 0 Å². The van der Waals surface area contributed by atoms with E-state index in [1.54, 1.807) is 0 Å². The smallest absolute Gasteiger partial charge is 0.294 e. The fourth-order valence-electron chi connectivity index (χ4n) is 1.70. The highest BCUT2D eigenvalue weighted by molar-refractivity contribution is 5.81. The topological polar surface area (TPSA) is 134 Å². The van der Waals surface area contributed by atoms with Crippen molar-refractivity contribution in [3.05, 3.63) is 10.1 Å². The Balaban J connectivity index is 3.36. The second kappa shape index (κ2) is 12.6. The quantitative estimate of drug-likeness (QED) is 0.254. The minimum atomic E-state index is -0.785. The van der Waals surface area contributed by atoms with Gasteiger partial charge in [-0.3, -0.25) is 4.79 Å². The molecule has 0 spiro atoms. The number of rotatable bonds is 13. The summed E-state index contributed by atoms with van der Waals surface area (Å²) in [7, 11) is 0. The summed E-state index contributed by atoms with van der Waals surface area (Å²) >= 11 is 0. The number of nitrogens with one attached hydrogen (secondary N) is 1. The summed E-state index contributed by atoms with van der Waals surface area (Å²) in [5, 5.41) is 11.9. The predicted octanol–water partition coefficient (Wildman–Crippen LogP) is 0.328. The van der Waals surface area contributed by atoms with Crippen LogP contribution in [0.2, 0.25) is 0 Å². The van der Waals surface area contributed by atoms with Gasteiger partial charge in [-0.25, -0.2) is 0 Å². The van der Waals surface area contributed by atoms with E-state index in [0.29, 0.717) is 25.9 Å². The zero-order chi connectivity index (χ0) is 15.2. The van der Waals surface area contributed by atoms with Gasteiger partial charge in [0.2, 0.25) is 5.91 Å². The van der Waals surface area contributed by atoms with Gasteiger partial charge in [-0.1, -0.05) is 19.3 Å². The van der Waals surface area contributed by atoms with Crippen LogP contribution in [0, 0.1) is 10.1 Å². The van der Waals surface area contributed by atoms with E-state index in [9.17, 15) is 14.9 Å². The third kappa shape index (κ3) is 11.7. The Morgan fingerprint density at radius 2 is 1.90 bits per heavy atom. The Morgan fingerprint density at radius 1 is 1.20 bits per heavy atom. The first-order valence-electron chi connectivity index (χ1n) is 7.08. The molecule has 0 saturated heterocycles. The van der Waals surface area contributed by atoms with Crippen molar-refractivity contribution >= 4 is 5.91 Å². The van der Waals surface area contributed by atoms with Gasteiger partial charge >= 0.3 is 0 Å². The van der Waals surface area contributed by atoms with Gasteiger partial charge in [0.25, 0.3) is 5.09 Å². The molecule has 20 heavy (non-hydrogen) atoms. The largest absolute Gasteiger partial charge is 0.355 e. The van der Waals surface area contributed by atoms with Gasteiger partial charge in [0.05, 0.1) is 12.6 Å². The van der Waals surface area contributed by atoms with E-state index in [1.807, 2.05) is 0 Å². The molecule has 0 fully saturated rings. The molecule has 0 aliphatic rings. The van der Waals surface area contributed by atoms with E-state index in [4.69, 9.17) is 11.5 Å². The van der Waals surface area contributed by atoms with Crippen molar-refractivity contribution in [2.75, 3.05) is 19.7 Å². The molecule has 0 rings (SSSR count). The molecule has 0 heterocycles. The average molecular weight is 290 g/mol. The molecule has 0 aliphatic heterocycles. The number of amides is 1. The molecule has 0 bridgehead atoms. The van der Waals surface area contributed by atoms with Gasteiger partial charge in [-0.2, -0.15) is 0 Å². The van der Waals surface area contributed by atoms with Gasteiger partial charge in [0, 0.05) is 6.54 Å². The van der Waals surface area contributed by atoms with Crippen LogP contribution in [0.1, 0.15) is 44.9 Å². The minimum absolute atomic E-state index is 0.126. The highest BCUT2D eigenvalue weighted by Crippen LogP contribution is 2.01. The van der Waals surface area contributed by atoms with Crippen LogP contribution in [-0.4, -0.2) is 36.7 Å². The van der Waals surface area contributed by atoms with Gasteiger partial charge in [0.1, 0.15) is 0 Å². The van der Waals surface area contributed by atoms with E-state index in [1.165, 1.54) is 0 Å². The molecule has 0 aromatic heterocycles. The van der Waals surface area contributed by atoms with E-state index in [2.05, 4.69) is 10.2 Å². The Kier molecular flexibility index (Phi) is 11.7. The van der Waals surface area contributed by atoms with Crippen LogP contribution in [-0.2, 0) is 9.63 Å². The summed E-state index contributed by atoms with van der Waals surface area (Å²) in [6, 6.07) is -0.463. The van der Waals surface area contributed by atoms with E-state index >= 15 is 0 Å². The molecule has 5 N–H and O–H groups in total. The zero-order valence-corrected chi connectivity index (χ0v) is 11.9. The van der Waals surface area contributed by atoms with Gasteiger partial charge < -0.3 is 21.6 Å². The van der Waals surface area contributed by atoms with Crippen LogP contribution in [0.25, 0.3) is 0 Å². The maximum Gasteiger partial charge on any atom is 0.294 e. The maximum atomic E-state index is 11.6. The van der Waals surface area contributed by atoms with Crippen molar-refractivity contribution in [2.45, 2.75) is 51.0 Å². The Labute approximate surface area is 119 Å². The van der Waals surface area contributed by atoms with Crippen molar-refractivity contribution in [1.29, 1.82) is 0 Å². The lowest BCUT2D eigenvalue weighted by atomic mass is 10.1. The summed E-state index contributed by atoms with van der Waals surface area (Å²) in [6.45, 7) is 1.33. The van der Waals surface area contributed by atoms with Gasteiger partial charge in [-0.15, -0.1) is 10.1 Å². The minimum Gasteiger partial charge on any atom is -0.355 e. The van der Waals surface area contributed by atoms with Crippen molar-refractivity contribution < 1.29 is 14.7 Å². The maximum absolute atomic E-state index is 11.6. The fourth-order valence-corrected chi connectivity index (χ4v) is 1.70. The van der Waals surface area contributed by atoms with Crippen LogP contribution in [0.4, 0.5) is 0 Å². The predicted molar refractivity (Wildman–Crippen MR) is 75.3 cm³/mol. The first-order valence-corrected chi connectivity index (χ1v) is 7.08. The summed E-state index contributed by atoms with van der Waals surface area (Å²) in [4.78, 5) is 25.7. The molecule has 0 aromatic carbocycles. The molecule has 0 aromatic rings. The van der Waals surface area contributed by atoms with Crippen LogP contribution in [0.3, 0.4) is 0 Å². The average Bonchev–Trinajstić information content (AvgIpc) is 2.41. The number of nitrogens with zero attached hydrogens (tertiary/aromatic N) is 1. The summed E-state index contributed by atoms with van der Waals surface area (Å²) in [5.74, 6) is -0.126.